The van der Waals surface area contributed by atoms with Gasteiger partial charge in [0.05, 0.1) is 17.7 Å². The lowest BCUT2D eigenvalue weighted by Crippen LogP contribution is -2.25. The van der Waals surface area contributed by atoms with Gasteiger partial charge in [-0.3, -0.25) is 4.57 Å². The first-order chi connectivity index (χ1) is 28.7. The Kier molecular flexibility index (Phi) is 9.66. The highest BCUT2D eigenvalue weighted by Gasteiger charge is 2.26. The van der Waals surface area contributed by atoms with Crippen LogP contribution >= 0.6 is 0 Å². The maximum absolute atomic E-state index is 6.90. The van der Waals surface area contributed by atoms with Crippen molar-refractivity contribution in [3.63, 3.8) is 0 Å². The normalized spacial score (nSPS) is 13.5. The van der Waals surface area contributed by atoms with Crippen LogP contribution in [0, 0.1) is 0 Å². The summed E-state index contributed by atoms with van der Waals surface area (Å²) in [5.74, 6) is 2.44. The molecule has 6 aromatic carbocycles. The molecule has 3 heterocycles. The summed E-state index contributed by atoms with van der Waals surface area (Å²) in [5.41, 5.74) is 11.6. The molecule has 0 amide bonds. The van der Waals surface area contributed by atoms with Crippen LogP contribution in [0.3, 0.4) is 0 Å². The molecule has 8 aromatic rings. The lowest BCUT2D eigenvalue weighted by atomic mass is 9.78. The van der Waals surface area contributed by atoms with E-state index in [1.54, 1.807) is 0 Å². The van der Waals surface area contributed by atoms with Gasteiger partial charge in [-0.25, -0.2) is 4.98 Å². The second kappa shape index (κ2) is 14.9. The van der Waals surface area contributed by atoms with Crippen molar-refractivity contribution in [2.45, 2.75) is 71.6 Å². The first-order valence-electron chi connectivity index (χ1n) is 21.0. The molecule has 0 unspecified atom stereocenters. The second-order valence-electron chi connectivity index (χ2n) is 18.8. The van der Waals surface area contributed by atoms with E-state index in [2.05, 4.69) is 234 Å². The van der Waals surface area contributed by atoms with Crippen LogP contribution in [0.15, 0.2) is 170 Å². The third-order valence-electron chi connectivity index (χ3n) is 12.1. The van der Waals surface area contributed by atoms with Gasteiger partial charge in [0.1, 0.15) is 17.3 Å². The van der Waals surface area contributed by atoms with Crippen LogP contribution < -0.4 is 14.5 Å². The molecule has 1 aliphatic heterocycles. The molecule has 0 bridgehead atoms. The molecule has 5 nitrogen and oxygen atoms in total. The van der Waals surface area contributed by atoms with Crippen LogP contribution in [0.5, 0.6) is 11.5 Å². The van der Waals surface area contributed by atoms with Crippen molar-refractivity contribution in [3.05, 3.63) is 193 Å². The number of anilines is 2. The minimum atomic E-state index is -0.129. The highest BCUT2D eigenvalue weighted by atomic mass is 16.5. The molecular formula is C55H54N4O. The lowest BCUT2D eigenvalue weighted by molar-refractivity contribution is 0.483. The number of nitrogens with zero attached hydrogens (tertiary/aromatic N) is 4. The largest absolute Gasteiger partial charge is 0.457 e. The molecule has 0 fully saturated rings. The van der Waals surface area contributed by atoms with Crippen molar-refractivity contribution in [2.24, 2.45) is 0 Å². The van der Waals surface area contributed by atoms with Gasteiger partial charge in [0, 0.05) is 58.3 Å². The van der Waals surface area contributed by atoms with Gasteiger partial charge in [-0.15, -0.1) is 0 Å². The fraction of sp³-hybridized carbons (Fsp3) is 0.218. The van der Waals surface area contributed by atoms with Crippen molar-refractivity contribution < 1.29 is 4.74 Å². The van der Waals surface area contributed by atoms with Gasteiger partial charge in [-0.05, 0) is 105 Å². The molecule has 5 heteroatoms. The maximum Gasteiger partial charge on any atom is 0.137 e. The van der Waals surface area contributed by atoms with E-state index in [-0.39, 0.29) is 16.2 Å². The molecule has 0 saturated heterocycles. The molecule has 9 rings (SSSR count). The molecule has 0 aliphatic carbocycles. The molecule has 0 atom stereocenters. The fourth-order valence-corrected chi connectivity index (χ4v) is 8.38. The van der Waals surface area contributed by atoms with Gasteiger partial charge in [0.15, 0.2) is 0 Å². The van der Waals surface area contributed by atoms with E-state index in [1.807, 2.05) is 6.20 Å². The molecule has 0 N–H and O–H groups in total. The van der Waals surface area contributed by atoms with E-state index < -0.39 is 0 Å². The summed E-state index contributed by atoms with van der Waals surface area (Å²) in [5, 5.41) is 2.38. The number of aromatic nitrogens is 2. The number of hydrogen-bond donors (Lipinski definition) is 0. The Hall–Kier alpha value is -6.59. The summed E-state index contributed by atoms with van der Waals surface area (Å²) in [7, 11) is 0. The van der Waals surface area contributed by atoms with Crippen molar-refractivity contribution >= 4 is 33.2 Å². The molecular weight excluding hydrogens is 733 g/mol. The van der Waals surface area contributed by atoms with Gasteiger partial charge >= 0.3 is 0 Å². The third kappa shape index (κ3) is 7.45. The first kappa shape index (κ1) is 38.9. The SMILES string of the molecule is CC(C)(C)c1ccnc(-n2c3ccc(C(C)(C)C)cc3c3ccc(Oc4cc(-c5ccccc5)cc(N5C=CN(c6cccc(C(C)(C)c7ccccc7)c6)C5)c4)cc32)c1. The van der Waals surface area contributed by atoms with Gasteiger partial charge in [-0.1, -0.05) is 134 Å². The maximum atomic E-state index is 6.90. The Balaban J connectivity index is 1.09. The Labute approximate surface area is 355 Å². The van der Waals surface area contributed by atoms with Crippen LogP contribution in [-0.4, -0.2) is 16.2 Å². The van der Waals surface area contributed by atoms with Crippen LogP contribution in [-0.2, 0) is 16.2 Å². The molecule has 1 aliphatic rings. The van der Waals surface area contributed by atoms with E-state index in [0.29, 0.717) is 6.67 Å². The predicted molar refractivity (Wildman–Crippen MR) is 252 cm³/mol. The van der Waals surface area contributed by atoms with E-state index >= 15 is 0 Å². The van der Waals surface area contributed by atoms with Crippen LogP contribution in [0.1, 0.15) is 77.6 Å². The molecule has 60 heavy (non-hydrogen) atoms. The number of pyridine rings is 1. The topological polar surface area (TPSA) is 33.5 Å². The molecule has 0 saturated carbocycles. The molecule has 0 spiro atoms. The van der Waals surface area contributed by atoms with Gasteiger partial charge < -0.3 is 14.5 Å². The van der Waals surface area contributed by atoms with Crippen molar-refractivity contribution in [1.29, 1.82) is 0 Å². The first-order valence-corrected chi connectivity index (χ1v) is 21.0. The van der Waals surface area contributed by atoms with Gasteiger partial charge in [0.25, 0.3) is 0 Å². The van der Waals surface area contributed by atoms with Crippen molar-refractivity contribution in [1.82, 2.24) is 9.55 Å². The summed E-state index contributed by atoms with van der Waals surface area (Å²) in [6, 6.07) is 54.5. The predicted octanol–water partition coefficient (Wildman–Crippen LogP) is 14.3. The van der Waals surface area contributed by atoms with Crippen LogP contribution in [0.25, 0.3) is 38.8 Å². The van der Waals surface area contributed by atoms with Crippen LogP contribution in [0.2, 0.25) is 0 Å². The number of rotatable bonds is 8. The van der Waals surface area contributed by atoms with Crippen LogP contribution in [0.4, 0.5) is 11.4 Å². The molecule has 0 radical (unpaired) electrons. The zero-order chi connectivity index (χ0) is 41.8. The Morgan fingerprint density at radius 3 is 1.88 bits per heavy atom. The number of benzene rings is 6. The highest BCUT2D eigenvalue weighted by Crippen LogP contribution is 2.40. The summed E-state index contributed by atoms with van der Waals surface area (Å²) in [6.07, 6.45) is 6.27. The standard InChI is InChI=1S/C55H54N4O/c1-53(2,3)41-22-25-50-49(33-41)48-24-23-46(36-51(48)59(50)52-34-42(26-27-56-52)54(4,5)6)60-47-31-39(38-16-11-9-12-17-38)30-45(35-47)58-29-28-57(37-58)44-21-15-20-43(32-44)55(7,8)40-18-13-10-14-19-40/h9-36H,37H2,1-8H3. The third-order valence-corrected chi connectivity index (χ3v) is 12.1. The minimum absolute atomic E-state index is 0.0163. The number of ether oxygens (including phenoxy) is 1. The second-order valence-corrected chi connectivity index (χ2v) is 18.8. The smallest absolute Gasteiger partial charge is 0.137 e. The highest BCUT2D eigenvalue weighted by molar-refractivity contribution is 6.09. The van der Waals surface area contributed by atoms with Crippen molar-refractivity contribution in [2.75, 3.05) is 16.5 Å². The zero-order valence-electron chi connectivity index (χ0n) is 36.1. The van der Waals surface area contributed by atoms with E-state index in [9.17, 15) is 0 Å². The molecule has 2 aromatic heterocycles. The average Bonchev–Trinajstić information content (AvgIpc) is 3.87. The average molecular weight is 787 g/mol. The Morgan fingerprint density at radius 1 is 0.467 bits per heavy atom. The zero-order valence-corrected chi connectivity index (χ0v) is 36.1. The van der Waals surface area contributed by atoms with Crippen molar-refractivity contribution in [3.8, 4) is 28.4 Å². The van der Waals surface area contributed by atoms with E-state index in [1.165, 1.54) is 33.0 Å². The summed E-state index contributed by atoms with van der Waals surface area (Å²) >= 11 is 0. The molecule has 300 valence electrons. The number of hydrogen-bond acceptors (Lipinski definition) is 4. The summed E-state index contributed by atoms with van der Waals surface area (Å²) in [6.45, 7) is 18.8. The van der Waals surface area contributed by atoms with E-state index in [0.717, 1.165) is 50.9 Å². The lowest BCUT2D eigenvalue weighted by Gasteiger charge is -2.28. The quantitative estimate of drug-likeness (QED) is 0.154. The van der Waals surface area contributed by atoms with Gasteiger partial charge in [0.2, 0.25) is 0 Å². The Bertz CT molecular complexity index is 2870. The summed E-state index contributed by atoms with van der Waals surface area (Å²) < 4.78 is 9.20. The monoisotopic (exact) mass is 786 g/mol. The number of fused-ring (bicyclic) bond motifs is 3. The Morgan fingerprint density at radius 2 is 1.15 bits per heavy atom. The fourth-order valence-electron chi connectivity index (χ4n) is 8.38. The van der Waals surface area contributed by atoms with Gasteiger partial charge in [-0.2, -0.15) is 0 Å². The summed E-state index contributed by atoms with van der Waals surface area (Å²) in [4.78, 5) is 9.54. The van der Waals surface area contributed by atoms with E-state index in [4.69, 9.17) is 9.72 Å². The minimum Gasteiger partial charge on any atom is -0.457 e.